The van der Waals surface area contributed by atoms with Gasteiger partial charge in [0.2, 0.25) is 6.29 Å². The zero-order valence-electron chi connectivity index (χ0n) is 11.7. The molecule has 2 heteroatoms. The third-order valence-corrected chi connectivity index (χ3v) is 2.69. The van der Waals surface area contributed by atoms with Crippen LogP contribution in [0.3, 0.4) is 0 Å². The Labute approximate surface area is 111 Å². The Hall–Kier alpha value is -1.28. The van der Waals surface area contributed by atoms with Crippen LogP contribution in [0.2, 0.25) is 0 Å². The van der Waals surface area contributed by atoms with Crippen molar-refractivity contribution in [1.29, 1.82) is 0 Å². The fourth-order valence-corrected chi connectivity index (χ4v) is 1.52. The van der Waals surface area contributed by atoms with Gasteiger partial charge in [-0.2, -0.15) is 0 Å². The van der Waals surface area contributed by atoms with E-state index in [1.54, 1.807) is 0 Å². The van der Waals surface area contributed by atoms with Crippen LogP contribution in [0.15, 0.2) is 30.8 Å². The summed E-state index contributed by atoms with van der Waals surface area (Å²) in [4.78, 5) is 0. The van der Waals surface area contributed by atoms with Crippen molar-refractivity contribution in [2.45, 2.75) is 39.9 Å². The molecule has 0 aliphatic heterocycles. The Morgan fingerprint density at radius 3 is 2.39 bits per heavy atom. The van der Waals surface area contributed by atoms with E-state index in [1.165, 1.54) is 0 Å². The van der Waals surface area contributed by atoms with E-state index in [0.29, 0.717) is 5.92 Å². The van der Waals surface area contributed by atoms with Gasteiger partial charge in [-0.1, -0.05) is 52.0 Å². The largest absolute Gasteiger partial charge is 0.465 e. The minimum atomic E-state index is -0.175. The van der Waals surface area contributed by atoms with Crippen LogP contribution in [-0.4, -0.2) is 12.9 Å². The van der Waals surface area contributed by atoms with Gasteiger partial charge in [-0.3, -0.25) is 0 Å². The van der Waals surface area contributed by atoms with Gasteiger partial charge in [0.25, 0.3) is 0 Å². The number of hydrogen-bond acceptors (Lipinski definition) is 2. The Bertz CT molecular complexity index is 341. The predicted octanol–water partition coefficient (Wildman–Crippen LogP) is 4.51. The smallest absolute Gasteiger partial charge is 0.202 e. The average Bonchev–Trinajstić information content (AvgIpc) is 2.38. The van der Waals surface area contributed by atoms with Gasteiger partial charge in [0.15, 0.2) is 0 Å². The first-order valence-corrected chi connectivity index (χ1v) is 6.68. The van der Waals surface area contributed by atoms with Crippen LogP contribution in [-0.2, 0) is 4.74 Å². The maximum absolute atomic E-state index is 5.87. The normalized spacial score (nSPS) is 12.4. The first-order chi connectivity index (χ1) is 8.67. The molecule has 0 amide bonds. The Morgan fingerprint density at radius 2 is 1.89 bits per heavy atom. The third-order valence-electron chi connectivity index (χ3n) is 2.69. The van der Waals surface area contributed by atoms with E-state index >= 15 is 0 Å². The molecule has 18 heavy (non-hydrogen) atoms. The fraction of sp³-hybridized carbons (Fsp3) is 0.500. The molecule has 0 saturated carbocycles. The highest BCUT2D eigenvalue weighted by molar-refractivity contribution is 5.48. The molecule has 1 aromatic carbocycles. The molecule has 1 rings (SSSR count). The highest BCUT2D eigenvalue weighted by Gasteiger charge is 2.15. The van der Waals surface area contributed by atoms with E-state index in [9.17, 15) is 0 Å². The summed E-state index contributed by atoms with van der Waals surface area (Å²) >= 11 is 0. The van der Waals surface area contributed by atoms with Crippen LogP contribution in [0.4, 0.5) is 0 Å². The molecule has 0 spiro atoms. The Morgan fingerprint density at radius 1 is 1.22 bits per heavy atom. The quantitative estimate of drug-likeness (QED) is 0.498. The topological polar surface area (TPSA) is 18.5 Å². The second kappa shape index (κ2) is 7.93. The molecule has 0 aliphatic carbocycles. The lowest BCUT2D eigenvalue weighted by atomic mass is 10.2. The van der Waals surface area contributed by atoms with Gasteiger partial charge in [-0.15, -0.1) is 0 Å². The zero-order chi connectivity index (χ0) is 13.4. The Kier molecular flexibility index (Phi) is 6.51. The number of rotatable bonds is 8. The minimum Gasteiger partial charge on any atom is -0.465 e. The second-order valence-corrected chi connectivity index (χ2v) is 4.73. The summed E-state index contributed by atoms with van der Waals surface area (Å²) in [5, 5.41) is 0. The molecule has 0 fully saturated rings. The lowest BCUT2D eigenvalue weighted by Gasteiger charge is -2.22. The van der Waals surface area contributed by atoms with Crippen molar-refractivity contribution in [2.75, 3.05) is 6.61 Å². The summed E-state index contributed by atoms with van der Waals surface area (Å²) in [7, 11) is 0. The van der Waals surface area contributed by atoms with Crippen molar-refractivity contribution < 1.29 is 9.47 Å². The van der Waals surface area contributed by atoms with E-state index in [2.05, 4.69) is 27.4 Å². The van der Waals surface area contributed by atoms with Crippen LogP contribution in [0.5, 0.6) is 5.75 Å². The van der Waals surface area contributed by atoms with Crippen LogP contribution in [0.25, 0.3) is 6.08 Å². The summed E-state index contributed by atoms with van der Waals surface area (Å²) < 4.78 is 11.6. The fourth-order valence-electron chi connectivity index (χ4n) is 1.52. The van der Waals surface area contributed by atoms with Gasteiger partial charge in [-0.25, -0.2) is 0 Å². The molecule has 0 N–H and O–H groups in total. The standard InChI is InChI=1S/C16H24O2/c1-5-7-12-17-16(13(3)4)18-15-10-8-14(6-2)9-11-15/h6,8-11,13,16H,2,5,7,12H2,1,3-4H3. The summed E-state index contributed by atoms with van der Waals surface area (Å²) in [6.07, 6.45) is 3.86. The van der Waals surface area contributed by atoms with Gasteiger partial charge in [0, 0.05) is 5.92 Å². The van der Waals surface area contributed by atoms with Crippen LogP contribution >= 0.6 is 0 Å². The van der Waals surface area contributed by atoms with Gasteiger partial charge in [0.1, 0.15) is 5.75 Å². The molecule has 0 aliphatic rings. The first-order valence-electron chi connectivity index (χ1n) is 6.68. The molecule has 0 saturated heterocycles. The van der Waals surface area contributed by atoms with Gasteiger partial charge in [0.05, 0.1) is 6.61 Å². The van der Waals surface area contributed by atoms with E-state index in [1.807, 2.05) is 30.3 Å². The van der Waals surface area contributed by atoms with Crippen molar-refractivity contribution in [3.05, 3.63) is 36.4 Å². The summed E-state index contributed by atoms with van der Waals surface area (Å²) in [6, 6.07) is 7.89. The molecule has 0 bridgehead atoms. The molecule has 0 radical (unpaired) electrons. The first kappa shape index (κ1) is 14.8. The van der Waals surface area contributed by atoms with E-state index in [-0.39, 0.29) is 6.29 Å². The van der Waals surface area contributed by atoms with Crippen LogP contribution in [0.1, 0.15) is 39.2 Å². The average molecular weight is 248 g/mol. The zero-order valence-corrected chi connectivity index (χ0v) is 11.7. The molecule has 0 aromatic heterocycles. The van der Waals surface area contributed by atoms with E-state index < -0.39 is 0 Å². The minimum absolute atomic E-state index is 0.175. The molecule has 1 aromatic rings. The molecule has 0 heterocycles. The lowest BCUT2D eigenvalue weighted by molar-refractivity contribution is -0.108. The highest BCUT2D eigenvalue weighted by atomic mass is 16.7. The number of ether oxygens (including phenoxy) is 2. The van der Waals surface area contributed by atoms with Crippen molar-refractivity contribution >= 4 is 6.08 Å². The molecule has 1 atom stereocenters. The van der Waals surface area contributed by atoms with Crippen molar-refractivity contribution in [3.63, 3.8) is 0 Å². The second-order valence-electron chi connectivity index (χ2n) is 4.73. The molecule has 100 valence electrons. The summed E-state index contributed by atoms with van der Waals surface area (Å²) in [6.45, 7) is 10.9. The van der Waals surface area contributed by atoms with E-state index in [4.69, 9.17) is 9.47 Å². The Balaban J connectivity index is 2.55. The number of unbranched alkanes of at least 4 members (excludes halogenated alkanes) is 1. The number of hydrogen-bond donors (Lipinski definition) is 0. The molecule has 1 unspecified atom stereocenters. The van der Waals surface area contributed by atoms with Crippen LogP contribution < -0.4 is 4.74 Å². The molecular weight excluding hydrogens is 224 g/mol. The lowest BCUT2D eigenvalue weighted by Crippen LogP contribution is -2.27. The van der Waals surface area contributed by atoms with Crippen molar-refractivity contribution in [2.24, 2.45) is 5.92 Å². The monoisotopic (exact) mass is 248 g/mol. The maximum atomic E-state index is 5.87. The van der Waals surface area contributed by atoms with Gasteiger partial charge >= 0.3 is 0 Å². The molecular formula is C16H24O2. The number of benzene rings is 1. The van der Waals surface area contributed by atoms with Gasteiger partial charge in [-0.05, 0) is 24.1 Å². The predicted molar refractivity (Wildman–Crippen MR) is 76.6 cm³/mol. The van der Waals surface area contributed by atoms with Crippen molar-refractivity contribution in [3.8, 4) is 5.75 Å². The SMILES string of the molecule is C=Cc1ccc(OC(OCCCC)C(C)C)cc1. The maximum Gasteiger partial charge on any atom is 0.202 e. The third kappa shape index (κ3) is 4.92. The summed E-state index contributed by atoms with van der Waals surface area (Å²) in [5.74, 6) is 1.18. The molecule has 2 nitrogen and oxygen atoms in total. The van der Waals surface area contributed by atoms with E-state index in [0.717, 1.165) is 30.8 Å². The van der Waals surface area contributed by atoms with Crippen molar-refractivity contribution in [1.82, 2.24) is 0 Å². The van der Waals surface area contributed by atoms with Crippen LogP contribution in [0, 0.1) is 5.92 Å². The van der Waals surface area contributed by atoms with Gasteiger partial charge < -0.3 is 9.47 Å². The highest BCUT2D eigenvalue weighted by Crippen LogP contribution is 2.18. The summed E-state index contributed by atoms with van der Waals surface area (Å²) in [5.41, 5.74) is 1.09.